The zero-order valence-corrected chi connectivity index (χ0v) is 23.0. The second kappa shape index (κ2) is 9.51. The molecule has 0 radical (unpaired) electrons. The molecule has 2 aromatic heterocycles. The Morgan fingerprint density at radius 1 is 0.690 bits per heavy atom. The number of nitriles is 2. The first-order valence-corrected chi connectivity index (χ1v) is 14.4. The first kappa shape index (κ1) is 24.2. The number of allylic oxidation sites excluding steroid dienone is 5. The molecule has 0 amide bonds. The molecule has 0 fully saturated rings. The predicted octanol–water partition coefficient (Wildman–Crippen LogP) is 9.03. The molecule has 1 unspecified atom stereocenters. The fourth-order valence-corrected chi connectivity index (χ4v) is 6.84. The molecule has 0 aliphatic heterocycles. The summed E-state index contributed by atoms with van der Waals surface area (Å²) in [4.78, 5) is 0. The highest BCUT2D eigenvalue weighted by atomic mass is 15.0. The Hall–Kier alpha value is -5.58. The van der Waals surface area contributed by atoms with Gasteiger partial charge in [0.15, 0.2) is 0 Å². The fraction of sp³-hybridized carbons (Fsp3) is 0.105. The van der Waals surface area contributed by atoms with Gasteiger partial charge < -0.3 is 9.13 Å². The molecular formula is C38H26N4. The maximum absolute atomic E-state index is 9.59. The first-order valence-electron chi connectivity index (χ1n) is 14.4. The van der Waals surface area contributed by atoms with Crippen LogP contribution in [0, 0.1) is 22.7 Å². The van der Waals surface area contributed by atoms with Crippen molar-refractivity contribution in [3.63, 3.8) is 0 Å². The van der Waals surface area contributed by atoms with Crippen molar-refractivity contribution >= 4 is 44.4 Å². The summed E-state index contributed by atoms with van der Waals surface area (Å²) in [7, 11) is 0. The lowest BCUT2D eigenvalue weighted by Gasteiger charge is -2.22. The van der Waals surface area contributed by atoms with E-state index < -0.39 is 0 Å². The molecule has 198 valence electrons. The number of hydrogen-bond donors (Lipinski definition) is 0. The number of fused-ring (bicyclic) bond motifs is 6. The molecule has 0 saturated carbocycles. The van der Waals surface area contributed by atoms with Crippen LogP contribution in [0.5, 0.6) is 0 Å². The summed E-state index contributed by atoms with van der Waals surface area (Å²) in [6, 6.07) is 34.1. The molecule has 1 atom stereocenters. The van der Waals surface area contributed by atoms with Gasteiger partial charge in [0, 0.05) is 33.1 Å². The van der Waals surface area contributed by atoms with Gasteiger partial charge in [-0.25, -0.2) is 0 Å². The lowest BCUT2D eigenvalue weighted by Crippen LogP contribution is -2.09. The van der Waals surface area contributed by atoms with Crippen molar-refractivity contribution in [2.75, 3.05) is 0 Å². The van der Waals surface area contributed by atoms with Crippen LogP contribution in [0.2, 0.25) is 0 Å². The monoisotopic (exact) mass is 538 g/mol. The van der Waals surface area contributed by atoms with Crippen LogP contribution in [0.25, 0.3) is 50.0 Å². The van der Waals surface area contributed by atoms with Gasteiger partial charge in [0.25, 0.3) is 0 Å². The molecule has 8 rings (SSSR count). The van der Waals surface area contributed by atoms with E-state index in [1.54, 1.807) is 0 Å². The van der Waals surface area contributed by atoms with Gasteiger partial charge >= 0.3 is 0 Å². The molecule has 0 spiro atoms. The molecule has 4 heteroatoms. The summed E-state index contributed by atoms with van der Waals surface area (Å²) in [6.07, 6.45) is 14.2. The maximum Gasteiger partial charge on any atom is 0.0991 e. The summed E-state index contributed by atoms with van der Waals surface area (Å²) in [5.41, 5.74) is 10.9. The van der Waals surface area contributed by atoms with Crippen LogP contribution in [0.4, 0.5) is 0 Å². The first-order chi connectivity index (χ1) is 20.7. The van der Waals surface area contributed by atoms with E-state index in [1.807, 2.05) is 36.4 Å². The Labute approximate surface area is 244 Å². The van der Waals surface area contributed by atoms with Crippen molar-refractivity contribution in [1.29, 1.82) is 10.5 Å². The lowest BCUT2D eigenvalue weighted by molar-refractivity contribution is 0.650. The smallest absolute Gasteiger partial charge is 0.0991 e. The molecule has 42 heavy (non-hydrogen) atoms. The zero-order chi connectivity index (χ0) is 28.2. The molecule has 0 N–H and O–H groups in total. The topological polar surface area (TPSA) is 57.4 Å². The van der Waals surface area contributed by atoms with Gasteiger partial charge in [-0.05, 0) is 90.6 Å². The van der Waals surface area contributed by atoms with E-state index >= 15 is 0 Å². The highest BCUT2D eigenvalue weighted by Gasteiger charge is 2.22. The highest BCUT2D eigenvalue weighted by Crippen LogP contribution is 2.40. The number of rotatable bonds is 3. The van der Waals surface area contributed by atoms with Crippen LogP contribution in [-0.4, -0.2) is 9.13 Å². The molecule has 4 aromatic carbocycles. The second-order valence-corrected chi connectivity index (χ2v) is 11.1. The largest absolute Gasteiger partial charge is 0.333 e. The minimum atomic E-state index is 0.145. The van der Waals surface area contributed by atoms with Crippen LogP contribution >= 0.6 is 0 Å². The van der Waals surface area contributed by atoms with Crippen LogP contribution < -0.4 is 0 Å². The van der Waals surface area contributed by atoms with Crippen molar-refractivity contribution in [3.05, 3.63) is 137 Å². The standard InChI is InChI=1S/C38H26N4/c39-23-25-12-15-27(16-13-25)28-6-5-7-29(21-28)42-35-10-3-1-8-31(35)33-18-17-30(22-38(33)42)41-36-11-4-2-9-32(36)34-20-26(24-40)14-19-37(34)41/h1,3-6,8,10-22,29H,2,7,9H2. The Morgan fingerprint density at radius 2 is 1.50 bits per heavy atom. The molecule has 2 aliphatic rings. The summed E-state index contributed by atoms with van der Waals surface area (Å²) in [5, 5.41) is 22.5. The number of aromatic nitrogens is 2. The fourth-order valence-electron chi connectivity index (χ4n) is 6.84. The van der Waals surface area contributed by atoms with Crippen LogP contribution in [-0.2, 0) is 6.42 Å². The van der Waals surface area contributed by atoms with Crippen molar-refractivity contribution in [2.24, 2.45) is 0 Å². The molecular weight excluding hydrogens is 512 g/mol. The quantitative estimate of drug-likeness (QED) is 0.226. The molecule has 0 bridgehead atoms. The van der Waals surface area contributed by atoms with E-state index in [0.717, 1.165) is 36.0 Å². The van der Waals surface area contributed by atoms with Gasteiger partial charge in [-0.1, -0.05) is 60.7 Å². The summed E-state index contributed by atoms with van der Waals surface area (Å²) >= 11 is 0. The third-order valence-corrected chi connectivity index (χ3v) is 8.76. The van der Waals surface area contributed by atoms with Crippen molar-refractivity contribution in [2.45, 2.75) is 25.3 Å². The summed E-state index contributed by atoms with van der Waals surface area (Å²) in [6.45, 7) is 0. The minimum Gasteiger partial charge on any atom is -0.333 e. The van der Waals surface area contributed by atoms with Gasteiger partial charge in [0.2, 0.25) is 0 Å². The van der Waals surface area contributed by atoms with Gasteiger partial charge in [0.1, 0.15) is 0 Å². The van der Waals surface area contributed by atoms with Gasteiger partial charge in [-0.3, -0.25) is 0 Å². The predicted molar refractivity (Wildman–Crippen MR) is 170 cm³/mol. The lowest BCUT2D eigenvalue weighted by atomic mass is 9.96. The number of aryl methyl sites for hydroxylation is 1. The van der Waals surface area contributed by atoms with Crippen molar-refractivity contribution in [1.82, 2.24) is 9.13 Å². The van der Waals surface area contributed by atoms with Gasteiger partial charge in [0.05, 0.1) is 40.3 Å². The third kappa shape index (κ3) is 3.66. The van der Waals surface area contributed by atoms with Crippen LogP contribution in [0.15, 0.2) is 109 Å². The van der Waals surface area contributed by atoms with Gasteiger partial charge in [-0.15, -0.1) is 0 Å². The molecule has 6 aromatic rings. The van der Waals surface area contributed by atoms with Crippen molar-refractivity contribution < 1.29 is 0 Å². The second-order valence-electron chi connectivity index (χ2n) is 11.1. The third-order valence-electron chi connectivity index (χ3n) is 8.76. The number of nitrogens with zero attached hydrogens (tertiary/aromatic N) is 4. The zero-order valence-electron chi connectivity index (χ0n) is 23.0. The van der Waals surface area contributed by atoms with E-state index in [9.17, 15) is 10.5 Å². The van der Waals surface area contributed by atoms with E-state index in [4.69, 9.17) is 0 Å². The average Bonchev–Trinajstić information content (AvgIpc) is 3.57. The normalized spacial score (nSPS) is 16.0. The van der Waals surface area contributed by atoms with E-state index in [2.05, 4.69) is 100 Å². The van der Waals surface area contributed by atoms with Crippen LogP contribution in [0.3, 0.4) is 0 Å². The summed E-state index contributed by atoms with van der Waals surface area (Å²) in [5.74, 6) is 0. The van der Waals surface area contributed by atoms with E-state index in [-0.39, 0.29) is 6.04 Å². The van der Waals surface area contributed by atoms with Crippen molar-refractivity contribution in [3.8, 4) is 17.8 Å². The highest BCUT2D eigenvalue weighted by molar-refractivity contribution is 6.09. The number of para-hydroxylation sites is 1. The van der Waals surface area contributed by atoms with E-state index in [1.165, 1.54) is 44.0 Å². The molecule has 2 aliphatic carbocycles. The minimum absolute atomic E-state index is 0.145. The van der Waals surface area contributed by atoms with E-state index in [0.29, 0.717) is 11.1 Å². The Balaban J connectivity index is 1.34. The SMILES string of the molecule is N#Cc1ccc(C2=CC(n3c4ccccc4c4ccc(-n5c6c(c7cc(C#N)ccc75)CCC=C6)cc43)CC=C2)cc1. The number of hydrogen-bond acceptors (Lipinski definition) is 2. The number of benzene rings is 4. The molecule has 2 heterocycles. The van der Waals surface area contributed by atoms with Crippen LogP contribution in [0.1, 0.15) is 46.8 Å². The molecule has 0 saturated heterocycles. The Kier molecular flexibility index (Phi) is 5.49. The van der Waals surface area contributed by atoms with Gasteiger partial charge in [-0.2, -0.15) is 10.5 Å². The maximum atomic E-state index is 9.59. The Morgan fingerprint density at radius 3 is 2.36 bits per heavy atom. The molecule has 4 nitrogen and oxygen atoms in total. The average molecular weight is 539 g/mol. The Bertz CT molecular complexity index is 2240. The summed E-state index contributed by atoms with van der Waals surface area (Å²) < 4.78 is 4.85.